The highest BCUT2D eigenvalue weighted by atomic mass is 16.3. The van der Waals surface area contributed by atoms with Crippen molar-refractivity contribution in [3.63, 3.8) is 0 Å². The van der Waals surface area contributed by atoms with Crippen molar-refractivity contribution in [1.29, 1.82) is 0 Å². The van der Waals surface area contributed by atoms with E-state index >= 15 is 0 Å². The fourth-order valence-corrected chi connectivity index (χ4v) is 2.61. The minimum atomic E-state index is 0.109. The van der Waals surface area contributed by atoms with Gasteiger partial charge in [-0.1, -0.05) is 20.8 Å². The SMILES string of the molecule is CCC(=O)NC1CC(C)(C)Cc2oc(C)cc21. The Balaban J connectivity index is 2.29. The third kappa shape index (κ3) is 2.54. The van der Waals surface area contributed by atoms with E-state index in [2.05, 4.69) is 25.2 Å². The van der Waals surface area contributed by atoms with Crippen LogP contribution in [0.5, 0.6) is 0 Å². The van der Waals surface area contributed by atoms with Gasteiger partial charge in [-0.25, -0.2) is 0 Å². The van der Waals surface area contributed by atoms with Crippen LogP contribution in [0, 0.1) is 12.3 Å². The van der Waals surface area contributed by atoms with Gasteiger partial charge in [0.15, 0.2) is 0 Å². The molecule has 0 aromatic carbocycles. The minimum absolute atomic E-state index is 0.109. The van der Waals surface area contributed by atoms with Gasteiger partial charge in [-0.2, -0.15) is 0 Å². The van der Waals surface area contributed by atoms with E-state index < -0.39 is 0 Å². The average molecular weight is 235 g/mol. The summed E-state index contributed by atoms with van der Waals surface area (Å²) >= 11 is 0. The van der Waals surface area contributed by atoms with Crippen LogP contribution in [0.25, 0.3) is 0 Å². The number of hydrogen-bond acceptors (Lipinski definition) is 2. The lowest BCUT2D eigenvalue weighted by molar-refractivity contribution is -0.121. The molecule has 94 valence electrons. The first-order valence-electron chi connectivity index (χ1n) is 6.30. The molecule has 1 unspecified atom stereocenters. The van der Waals surface area contributed by atoms with Gasteiger partial charge in [0.25, 0.3) is 0 Å². The highest BCUT2D eigenvalue weighted by molar-refractivity contribution is 5.76. The van der Waals surface area contributed by atoms with Crippen molar-refractivity contribution in [2.24, 2.45) is 5.41 Å². The minimum Gasteiger partial charge on any atom is -0.466 e. The van der Waals surface area contributed by atoms with Crippen molar-refractivity contribution in [3.8, 4) is 0 Å². The van der Waals surface area contributed by atoms with Crippen molar-refractivity contribution in [1.82, 2.24) is 5.32 Å². The van der Waals surface area contributed by atoms with Crippen molar-refractivity contribution < 1.29 is 9.21 Å². The summed E-state index contributed by atoms with van der Waals surface area (Å²) in [6.45, 7) is 8.28. The molecule has 0 bridgehead atoms. The summed E-state index contributed by atoms with van der Waals surface area (Å²) in [6, 6.07) is 2.17. The first-order chi connectivity index (χ1) is 7.91. The zero-order valence-corrected chi connectivity index (χ0v) is 11.1. The number of carbonyl (C=O) groups is 1. The largest absolute Gasteiger partial charge is 0.466 e. The molecule has 0 saturated carbocycles. The number of nitrogens with one attached hydrogen (secondary N) is 1. The Kier molecular flexibility index (Phi) is 3.02. The molecule has 1 N–H and O–H groups in total. The molecule has 1 heterocycles. The van der Waals surface area contributed by atoms with E-state index in [9.17, 15) is 4.79 Å². The smallest absolute Gasteiger partial charge is 0.220 e. The summed E-state index contributed by atoms with van der Waals surface area (Å²) in [5.41, 5.74) is 1.35. The van der Waals surface area contributed by atoms with Crippen LogP contribution in [-0.4, -0.2) is 5.91 Å². The normalized spacial score (nSPS) is 22.0. The summed E-state index contributed by atoms with van der Waals surface area (Å²) in [6.07, 6.45) is 2.46. The molecule has 0 spiro atoms. The van der Waals surface area contributed by atoms with Gasteiger partial charge in [-0.05, 0) is 24.8 Å². The van der Waals surface area contributed by atoms with Crippen LogP contribution < -0.4 is 5.32 Å². The molecule has 3 heteroatoms. The van der Waals surface area contributed by atoms with Crippen LogP contribution in [0.15, 0.2) is 10.5 Å². The predicted molar refractivity (Wildman–Crippen MR) is 66.7 cm³/mol. The van der Waals surface area contributed by atoms with Crippen LogP contribution in [0.3, 0.4) is 0 Å². The predicted octanol–water partition coefficient (Wildman–Crippen LogP) is 3.13. The van der Waals surface area contributed by atoms with Crippen molar-refractivity contribution in [2.45, 2.75) is 53.0 Å². The fraction of sp³-hybridized carbons (Fsp3) is 0.643. The van der Waals surface area contributed by atoms with E-state index in [-0.39, 0.29) is 17.4 Å². The quantitative estimate of drug-likeness (QED) is 0.855. The zero-order valence-electron chi connectivity index (χ0n) is 11.1. The first-order valence-corrected chi connectivity index (χ1v) is 6.30. The Morgan fingerprint density at radius 3 is 2.94 bits per heavy atom. The van der Waals surface area contributed by atoms with E-state index in [1.165, 1.54) is 5.56 Å². The maximum atomic E-state index is 11.6. The van der Waals surface area contributed by atoms with E-state index in [0.717, 1.165) is 24.4 Å². The van der Waals surface area contributed by atoms with Gasteiger partial charge in [-0.15, -0.1) is 0 Å². The molecule has 17 heavy (non-hydrogen) atoms. The van der Waals surface area contributed by atoms with Crippen molar-refractivity contribution in [2.75, 3.05) is 0 Å². The van der Waals surface area contributed by atoms with E-state index in [4.69, 9.17) is 4.42 Å². The molecule has 1 aromatic heterocycles. The van der Waals surface area contributed by atoms with Gasteiger partial charge in [0.2, 0.25) is 5.91 Å². The Bertz CT molecular complexity index is 431. The molecular formula is C14H21NO2. The Morgan fingerprint density at radius 1 is 1.59 bits per heavy atom. The van der Waals surface area contributed by atoms with Gasteiger partial charge in [0.1, 0.15) is 11.5 Å². The van der Waals surface area contributed by atoms with E-state index in [1.54, 1.807) is 0 Å². The average Bonchev–Trinajstić information content (AvgIpc) is 2.56. The van der Waals surface area contributed by atoms with Crippen molar-refractivity contribution in [3.05, 3.63) is 23.2 Å². The summed E-state index contributed by atoms with van der Waals surface area (Å²) < 4.78 is 5.74. The Morgan fingerprint density at radius 2 is 2.29 bits per heavy atom. The van der Waals surface area contributed by atoms with Gasteiger partial charge in [-0.3, -0.25) is 4.79 Å². The molecular weight excluding hydrogens is 214 g/mol. The standard InChI is InChI=1S/C14H21NO2/c1-5-13(16)15-11-7-14(3,4)8-12-10(11)6-9(2)17-12/h6,11H,5,7-8H2,1-4H3,(H,15,16). The molecule has 1 amide bonds. The van der Waals surface area contributed by atoms with Crippen LogP contribution in [-0.2, 0) is 11.2 Å². The highest BCUT2D eigenvalue weighted by Crippen LogP contribution is 2.41. The van der Waals surface area contributed by atoms with E-state index in [1.807, 2.05) is 13.8 Å². The topological polar surface area (TPSA) is 42.2 Å². The molecule has 1 aliphatic carbocycles. The molecule has 1 atom stereocenters. The number of rotatable bonds is 2. The lowest BCUT2D eigenvalue weighted by Gasteiger charge is -2.34. The second-order valence-electron chi connectivity index (χ2n) is 5.75. The summed E-state index contributed by atoms with van der Waals surface area (Å²) in [5, 5.41) is 3.09. The molecule has 0 saturated heterocycles. The maximum Gasteiger partial charge on any atom is 0.220 e. The summed E-state index contributed by atoms with van der Waals surface area (Å²) in [5.74, 6) is 2.08. The van der Waals surface area contributed by atoms with Gasteiger partial charge < -0.3 is 9.73 Å². The van der Waals surface area contributed by atoms with Crippen LogP contribution in [0.2, 0.25) is 0 Å². The molecule has 0 fully saturated rings. The molecule has 1 aliphatic rings. The Hall–Kier alpha value is -1.25. The number of aryl methyl sites for hydroxylation is 1. The van der Waals surface area contributed by atoms with E-state index in [0.29, 0.717) is 6.42 Å². The second-order valence-corrected chi connectivity index (χ2v) is 5.75. The number of carbonyl (C=O) groups excluding carboxylic acids is 1. The number of furan rings is 1. The lowest BCUT2D eigenvalue weighted by atomic mass is 9.74. The fourth-order valence-electron chi connectivity index (χ4n) is 2.61. The molecule has 2 rings (SSSR count). The zero-order chi connectivity index (χ0) is 12.6. The van der Waals surface area contributed by atoms with Gasteiger partial charge in [0, 0.05) is 18.4 Å². The highest BCUT2D eigenvalue weighted by Gasteiger charge is 2.35. The van der Waals surface area contributed by atoms with Crippen LogP contribution in [0.4, 0.5) is 0 Å². The number of hydrogen-bond donors (Lipinski definition) is 1. The first kappa shape index (κ1) is 12.2. The van der Waals surface area contributed by atoms with Gasteiger partial charge >= 0.3 is 0 Å². The lowest BCUT2D eigenvalue weighted by Crippen LogP contribution is -2.35. The molecule has 0 radical (unpaired) electrons. The van der Waals surface area contributed by atoms with Crippen LogP contribution in [0.1, 0.15) is 56.7 Å². The third-order valence-corrected chi connectivity index (χ3v) is 3.39. The molecule has 3 nitrogen and oxygen atoms in total. The van der Waals surface area contributed by atoms with Crippen LogP contribution >= 0.6 is 0 Å². The third-order valence-electron chi connectivity index (χ3n) is 3.39. The number of fused-ring (bicyclic) bond motifs is 1. The number of amides is 1. The maximum absolute atomic E-state index is 11.6. The second kappa shape index (κ2) is 4.21. The molecule has 1 aromatic rings. The molecule has 0 aliphatic heterocycles. The van der Waals surface area contributed by atoms with Gasteiger partial charge in [0.05, 0.1) is 6.04 Å². The van der Waals surface area contributed by atoms with Crippen molar-refractivity contribution >= 4 is 5.91 Å². The summed E-state index contributed by atoms with van der Waals surface area (Å²) in [4.78, 5) is 11.6. The monoisotopic (exact) mass is 235 g/mol. The summed E-state index contributed by atoms with van der Waals surface area (Å²) in [7, 11) is 0. The Labute approximate surface area is 103 Å².